The maximum Gasteiger partial charge on any atom is 0.241 e. The minimum absolute atomic E-state index is 0.186. The highest BCUT2D eigenvalue weighted by atomic mass is 32.2. The number of rotatable bonds is 5. The van der Waals surface area contributed by atoms with Crippen molar-refractivity contribution in [3.63, 3.8) is 0 Å². The molecule has 9 heteroatoms. The lowest BCUT2D eigenvalue weighted by Gasteiger charge is -2.03. The van der Waals surface area contributed by atoms with Gasteiger partial charge in [0, 0.05) is 12.4 Å². The first-order valence-corrected chi connectivity index (χ1v) is 9.29. The summed E-state index contributed by atoms with van der Waals surface area (Å²) in [5.41, 5.74) is 0.451. The first kappa shape index (κ1) is 18.0. The molecule has 1 heterocycles. The molecule has 1 aromatic heterocycles. The Morgan fingerprint density at radius 2 is 1.88 bits per heavy atom. The molecule has 0 unspecified atom stereocenters. The van der Waals surface area contributed by atoms with Crippen molar-refractivity contribution in [2.75, 3.05) is 7.05 Å². The van der Waals surface area contributed by atoms with Crippen LogP contribution >= 0.6 is 0 Å². The van der Waals surface area contributed by atoms with Gasteiger partial charge in [-0.1, -0.05) is 12.1 Å². The second-order valence-corrected chi connectivity index (χ2v) is 7.59. The van der Waals surface area contributed by atoms with E-state index in [1.165, 1.54) is 31.3 Å². The van der Waals surface area contributed by atoms with E-state index in [9.17, 15) is 22.0 Å². The van der Waals surface area contributed by atoms with Gasteiger partial charge < -0.3 is 5.32 Å². The lowest BCUT2D eigenvalue weighted by atomic mass is 10.2. The van der Waals surface area contributed by atoms with E-state index in [2.05, 4.69) is 10.4 Å². The minimum Gasteiger partial charge on any atom is -0.358 e. The summed E-state index contributed by atoms with van der Waals surface area (Å²) in [6.45, 7) is -0.258. The number of halogens is 2. The highest BCUT2D eigenvalue weighted by Gasteiger charge is 2.25. The molecule has 2 aromatic carbocycles. The molecule has 0 atom stereocenters. The summed E-state index contributed by atoms with van der Waals surface area (Å²) in [4.78, 5) is 11.6. The van der Waals surface area contributed by atoms with Crippen molar-refractivity contribution in [2.24, 2.45) is 0 Å². The van der Waals surface area contributed by atoms with E-state index in [-0.39, 0.29) is 28.0 Å². The molecule has 0 fully saturated rings. The molecular formula is C17H15F2N3O3S. The zero-order valence-electron chi connectivity index (χ0n) is 13.7. The Balaban J connectivity index is 2.10. The number of benzene rings is 2. The number of hydrogen-bond acceptors (Lipinski definition) is 4. The van der Waals surface area contributed by atoms with Gasteiger partial charge in [0.1, 0.15) is 18.2 Å². The molecule has 0 aliphatic carbocycles. The zero-order chi connectivity index (χ0) is 18.9. The molecule has 1 amide bonds. The number of carbonyl (C=O) groups is 1. The maximum absolute atomic E-state index is 13.6. The van der Waals surface area contributed by atoms with Crippen LogP contribution in [0.3, 0.4) is 0 Å². The number of hydrogen-bond donors (Lipinski definition) is 1. The molecule has 3 rings (SSSR count). The van der Waals surface area contributed by atoms with Crippen molar-refractivity contribution in [3.05, 3.63) is 59.7 Å². The van der Waals surface area contributed by atoms with E-state index >= 15 is 0 Å². The van der Waals surface area contributed by atoms with Crippen LogP contribution in [0.4, 0.5) is 8.78 Å². The molecule has 0 spiro atoms. The fraction of sp³-hybridized carbons (Fsp3) is 0.176. The van der Waals surface area contributed by atoms with Gasteiger partial charge in [0.05, 0.1) is 11.3 Å². The third kappa shape index (κ3) is 3.57. The average Bonchev–Trinajstić information content (AvgIpc) is 2.93. The van der Waals surface area contributed by atoms with Crippen molar-refractivity contribution >= 4 is 26.6 Å². The Hall–Kier alpha value is -2.81. The third-order valence-electron chi connectivity index (χ3n) is 3.79. The summed E-state index contributed by atoms with van der Waals surface area (Å²) in [5.74, 6) is -2.00. The van der Waals surface area contributed by atoms with Gasteiger partial charge in [-0.2, -0.15) is 5.10 Å². The summed E-state index contributed by atoms with van der Waals surface area (Å²) >= 11 is 0. The van der Waals surface area contributed by atoms with Gasteiger partial charge in [0.15, 0.2) is 5.03 Å². The summed E-state index contributed by atoms with van der Waals surface area (Å²) in [6, 6.07) is 8.79. The largest absolute Gasteiger partial charge is 0.358 e. The lowest BCUT2D eigenvalue weighted by molar-refractivity contribution is -0.121. The van der Waals surface area contributed by atoms with Gasteiger partial charge >= 0.3 is 0 Å². The van der Waals surface area contributed by atoms with Crippen LogP contribution in [0.2, 0.25) is 0 Å². The smallest absolute Gasteiger partial charge is 0.241 e. The summed E-state index contributed by atoms with van der Waals surface area (Å²) in [7, 11) is -2.52. The van der Waals surface area contributed by atoms with Gasteiger partial charge in [0.2, 0.25) is 15.7 Å². The number of likely N-dealkylation sites (N-methyl/N-ethyl adjacent to an activating group) is 1. The van der Waals surface area contributed by atoms with Crippen LogP contribution in [-0.2, 0) is 26.9 Å². The van der Waals surface area contributed by atoms with Crippen molar-refractivity contribution in [3.8, 4) is 0 Å². The van der Waals surface area contributed by atoms with Crippen LogP contribution < -0.4 is 5.32 Å². The number of amides is 1. The molecule has 0 radical (unpaired) electrons. The second kappa shape index (κ2) is 6.83. The van der Waals surface area contributed by atoms with E-state index in [4.69, 9.17) is 0 Å². The maximum atomic E-state index is 13.6. The predicted molar refractivity (Wildman–Crippen MR) is 91.0 cm³/mol. The van der Waals surface area contributed by atoms with Crippen molar-refractivity contribution < 1.29 is 22.0 Å². The number of aromatic nitrogens is 2. The van der Waals surface area contributed by atoms with Crippen LogP contribution in [0.25, 0.3) is 10.9 Å². The Labute approximate surface area is 148 Å². The molecular weight excluding hydrogens is 364 g/mol. The van der Waals surface area contributed by atoms with Crippen molar-refractivity contribution in [1.82, 2.24) is 15.1 Å². The first-order valence-electron chi connectivity index (χ1n) is 7.64. The van der Waals surface area contributed by atoms with Gasteiger partial charge in [-0.25, -0.2) is 17.2 Å². The SMILES string of the molecule is CNC(=O)Cn1nc(S(=O)(=O)Cc2cccc(F)c2)c2ccc(F)cc21. The Bertz CT molecular complexity index is 1090. The number of fused-ring (bicyclic) bond motifs is 1. The third-order valence-corrected chi connectivity index (χ3v) is 5.40. The molecule has 26 heavy (non-hydrogen) atoms. The molecule has 3 aromatic rings. The van der Waals surface area contributed by atoms with Crippen LogP contribution in [0.15, 0.2) is 47.5 Å². The topological polar surface area (TPSA) is 81.1 Å². The Kier molecular flexibility index (Phi) is 4.73. The zero-order valence-corrected chi connectivity index (χ0v) is 14.6. The summed E-state index contributed by atoms with van der Waals surface area (Å²) < 4.78 is 53.6. The van der Waals surface area contributed by atoms with Crippen LogP contribution in [-0.4, -0.2) is 31.2 Å². The number of nitrogens with one attached hydrogen (secondary N) is 1. The summed E-state index contributed by atoms with van der Waals surface area (Å²) in [6.07, 6.45) is 0. The quantitative estimate of drug-likeness (QED) is 0.736. The van der Waals surface area contributed by atoms with Gasteiger partial charge in [-0.15, -0.1) is 0 Å². The molecule has 0 aliphatic heterocycles. The minimum atomic E-state index is -3.94. The van der Waals surface area contributed by atoms with Gasteiger partial charge in [-0.3, -0.25) is 9.48 Å². The molecule has 6 nitrogen and oxygen atoms in total. The van der Waals surface area contributed by atoms with Crippen LogP contribution in [0, 0.1) is 11.6 Å². The lowest BCUT2D eigenvalue weighted by Crippen LogP contribution is -2.24. The number of carbonyl (C=O) groups excluding carboxylic acids is 1. The highest BCUT2D eigenvalue weighted by molar-refractivity contribution is 7.90. The molecule has 0 bridgehead atoms. The van der Waals surface area contributed by atoms with Gasteiger partial charge in [0.25, 0.3) is 0 Å². The average molecular weight is 379 g/mol. The molecule has 1 N–H and O–H groups in total. The first-order chi connectivity index (χ1) is 12.3. The van der Waals surface area contributed by atoms with Crippen LogP contribution in [0.5, 0.6) is 0 Å². The molecule has 0 saturated heterocycles. The fourth-order valence-electron chi connectivity index (χ4n) is 2.60. The van der Waals surface area contributed by atoms with E-state index in [0.29, 0.717) is 0 Å². The Morgan fingerprint density at radius 1 is 1.15 bits per heavy atom. The fourth-order valence-corrected chi connectivity index (χ4v) is 4.08. The second-order valence-electron chi connectivity index (χ2n) is 5.69. The summed E-state index contributed by atoms with van der Waals surface area (Å²) in [5, 5.41) is 6.34. The number of nitrogens with zero attached hydrogens (tertiary/aromatic N) is 2. The molecule has 0 saturated carbocycles. The highest BCUT2D eigenvalue weighted by Crippen LogP contribution is 2.26. The monoisotopic (exact) mass is 379 g/mol. The normalized spacial score (nSPS) is 11.7. The van der Waals surface area contributed by atoms with Crippen molar-refractivity contribution in [2.45, 2.75) is 17.3 Å². The Morgan fingerprint density at radius 3 is 2.58 bits per heavy atom. The molecule has 0 aliphatic rings. The predicted octanol–water partition coefficient (Wildman–Crippen LogP) is 2.03. The van der Waals surface area contributed by atoms with E-state index in [1.807, 2.05) is 0 Å². The van der Waals surface area contributed by atoms with E-state index in [0.717, 1.165) is 22.9 Å². The molecule has 136 valence electrons. The van der Waals surface area contributed by atoms with Gasteiger partial charge in [-0.05, 0) is 35.9 Å². The number of sulfone groups is 1. The van der Waals surface area contributed by atoms with Crippen molar-refractivity contribution in [1.29, 1.82) is 0 Å². The van der Waals surface area contributed by atoms with Crippen LogP contribution in [0.1, 0.15) is 5.56 Å². The van der Waals surface area contributed by atoms with E-state index < -0.39 is 33.1 Å². The standard InChI is InChI=1S/C17H15F2N3O3S/c1-20-16(23)9-22-15-8-13(19)5-6-14(15)17(21-22)26(24,25)10-11-3-2-4-12(18)7-11/h2-8H,9-10H2,1H3,(H,20,23). The van der Waals surface area contributed by atoms with E-state index in [1.54, 1.807) is 0 Å².